The lowest BCUT2D eigenvalue weighted by atomic mass is 10.1. The molecule has 3 aromatic rings. The van der Waals surface area contributed by atoms with E-state index in [1.54, 1.807) is 29.4 Å². The predicted octanol–water partition coefficient (Wildman–Crippen LogP) is 4.63. The first-order valence-corrected chi connectivity index (χ1v) is 9.97. The number of nitrogens with zero attached hydrogens (tertiary/aromatic N) is 2. The van der Waals surface area contributed by atoms with Crippen LogP contribution in [0.3, 0.4) is 0 Å². The second-order valence-electron chi connectivity index (χ2n) is 6.36. The summed E-state index contributed by atoms with van der Waals surface area (Å²) in [6.07, 6.45) is 2.60. The average Bonchev–Trinajstić information content (AvgIpc) is 3.36. The number of thiophene rings is 1. The number of amidine groups is 1. The highest BCUT2D eigenvalue weighted by Gasteiger charge is 2.31. The van der Waals surface area contributed by atoms with Crippen LogP contribution < -0.4 is 4.74 Å². The molecule has 0 N–H and O–H groups in total. The number of aliphatic imine (C=N–C) groups is 1. The highest BCUT2D eigenvalue weighted by atomic mass is 32.1. The molecule has 5 heteroatoms. The highest BCUT2D eigenvalue weighted by molar-refractivity contribution is 7.09. The van der Waals surface area contributed by atoms with Gasteiger partial charge in [0, 0.05) is 22.5 Å². The van der Waals surface area contributed by atoms with Crippen molar-refractivity contribution < 1.29 is 9.53 Å². The van der Waals surface area contributed by atoms with Crippen LogP contribution in [0.2, 0.25) is 0 Å². The summed E-state index contributed by atoms with van der Waals surface area (Å²) >= 11 is 1.70. The van der Waals surface area contributed by atoms with E-state index in [0.29, 0.717) is 18.1 Å². The summed E-state index contributed by atoms with van der Waals surface area (Å²) in [5.74, 6) is 1.33. The van der Waals surface area contributed by atoms with E-state index < -0.39 is 0 Å². The van der Waals surface area contributed by atoms with Crippen molar-refractivity contribution in [3.05, 3.63) is 93.8 Å². The molecular weight excluding hydrogens is 368 g/mol. The van der Waals surface area contributed by atoms with Crippen LogP contribution in [0, 0.1) is 0 Å². The second kappa shape index (κ2) is 8.23. The number of ether oxygens (including phenoxy) is 1. The predicted molar refractivity (Wildman–Crippen MR) is 114 cm³/mol. The SMILES string of the molecule is COc1ccccc1/C=C1/N=C(c2ccccc2)N(CCc2cccs2)C1=O. The van der Waals surface area contributed by atoms with Crippen molar-refractivity contribution in [3.8, 4) is 5.75 Å². The van der Waals surface area contributed by atoms with Gasteiger partial charge in [-0.05, 0) is 30.0 Å². The minimum Gasteiger partial charge on any atom is -0.496 e. The lowest BCUT2D eigenvalue weighted by molar-refractivity contribution is -0.122. The molecule has 140 valence electrons. The Balaban J connectivity index is 1.69. The molecule has 1 aliphatic rings. The number of hydrogen-bond donors (Lipinski definition) is 0. The van der Waals surface area contributed by atoms with Crippen molar-refractivity contribution in [2.45, 2.75) is 6.42 Å². The molecule has 0 saturated carbocycles. The fourth-order valence-electron chi connectivity index (χ4n) is 3.18. The Morgan fingerprint density at radius 1 is 1.04 bits per heavy atom. The molecule has 2 heterocycles. The molecule has 0 radical (unpaired) electrons. The Bertz CT molecular complexity index is 1020. The molecule has 0 atom stereocenters. The number of para-hydroxylation sites is 1. The van der Waals surface area contributed by atoms with E-state index in [9.17, 15) is 4.79 Å². The molecule has 0 aliphatic carbocycles. The summed E-state index contributed by atoms with van der Waals surface area (Å²) in [5.41, 5.74) is 2.20. The second-order valence-corrected chi connectivity index (χ2v) is 7.39. The minimum atomic E-state index is -0.0821. The van der Waals surface area contributed by atoms with Crippen LogP contribution in [0.25, 0.3) is 6.08 Å². The number of rotatable bonds is 6. The van der Waals surface area contributed by atoms with E-state index in [-0.39, 0.29) is 5.91 Å². The van der Waals surface area contributed by atoms with Crippen LogP contribution in [0.1, 0.15) is 16.0 Å². The normalized spacial score (nSPS) is 15.2. The maximum atomic E-state index is 13.2. The maximum Gasteiger partial charge on any atom is 0.278 e. The number of carbonyl (C=O) groups is 1. The Morgan fingerprint density at radius 3 is 2.57 bits per heavy atom. The fraction of sp³-hybridized carbons (Fsp3) is 0.130. The summed E-state index contributed by atoms with van der Waals surface area (Å²) in [5, 5.41) is 2.06. The molecule has 0 fully saturated rings. The van der Waals surface area contributed by atoms with E-state index in [2.05, 4.69) is 11.4 Å². The van der Waals surface area contributed by atoms with Gasteiger partial charge in [0.15, 0.2) is 0 Å². The van der Waals surface area contributed by atoms with Crippen LogP contribution in [0.4, 0.5) is 0 Å². The first-order valence-electron chi connectivity index (χ1n) is 9.09. The average molecular weight is 388 g/mol. The fourth-order valence-corrected chi connectivity index (χ4v) is 3.87. The van der Waals surface area contributed by atoms with Crippen molar-refractivity contribution in [1.29, 1.82) is 0 Å². The van der Waals surface area contributed by atoms with Gasteiger partial charge in [0.05, 0.1) is 7.11 Å². The molecule has 2 aromatic carbocycles. The number of amides is 1. The van der Waals surface area contributed by atoms with Gasteiger partial charge in [-0.15, -0.1) is 11.3 Å². The Kier molecular flexibility index (Phi) is 5.35. The van der Waals surface area contributed by atoms with Crippen LogP contribution in [-0.4, -0.2) is 30.3 Å². The third kappa shape index (κ3) is 3.75. The lowest BCUT2D eigenvalue weighted by Crippen LogP contribution is -2.34. The Hall–Kier alpha value is -3.18. The summed E-state index contributed by atoms with van der Waals surface area (Å²) in [6, 6.07) is 21.6. The molecule has 0 spiro atoms. The molecule has 4 rings (SSSR count). The van der Waals surface area contributed by atoms with Gasteiger partial charge in [0.1, 0.15) is 17.3 Å². The van der Waals surface area contributed by atoms with E-state index in [4.69, 9.17) is 9.73 Å². The van der Waals surface area contributed by atoms with Crippen molar-refractivity contribution in [2.24, 2.45) is 4.99 Å². The van der Waals surface area contributed by atoms with Crippen molar-refractivity contribution in [1.82, 2.24) is 4.90 Å². The first kappa shape index (κ1) is 18.2. The van der Waals surface area contributed by atoms with Crippen molar-refractivity contribution in [3.63, 3.8) is 0 Å². The van der Waals surface area contributed by atoms with Gasteiger partial charge < -0.3 is 4.74 Å². The number of benzene rings is 2. The summed E-state index contributed by atoms with van der Waals surface area (Å²) in [4.78, 5) is 20.9. The molecule has 0 unspecified atom stereocenters. The standard InChI is InChI=1S/C23H20N2O2S/c1-27-21-12-6-5-10-18(21)16-20-23(26)25(14-13-19-11-7-15-28-19)22(24-20)17-8-3-2-4-9-17/h2-12,15-16H,13-14H2,1H3/b20-16+. The Morgan fingerprint density at radius 2 is 1.82 bits per heavy atom. The molecule has 0 saturated heterocycles. The van der Waals surface area contributed by atoms with Gasteiger partial charge in [0.2, 0.25) is 0 Å². The summed E-state index contributed by atoms with van der Waals surface area (Å²) in [6.45, 7) is 0.594. The topological polar surface area (TPSA) is 41.9 Å². The third-order valence-corrected chi connectivity index (χ3v) is 5.51. The van der Waals surface area contributed by atoms with E-state index in [0.717, 1.165) is 23.3 Å². The summed E-state index contributed by atoms with van der Waals surface area (Å²) in [7, 11) is 1.62. The van der Waals surface area contributed by atoms with Gasteiger partial charge in [-0.3, -0.25) is 9.69 Å². The van der Waals surface area contributed by atoms with E-state index in [1.807, 2.05) is 60.7 Å². The van der Waals surface area contributed by atoms with Gasteiger partial charge in [-0.2, -0.15) is 0 Å². The van der Waals surface area contributed by atoms with Gasteiger partial charge >= 0.3 is 0 Å². The van der Waals surface area contributed by atoms with Gasteiger partial charge in [-0.25, -0.2) is 4.99 Å². The molecule has 1 amide bonds. The number of hydrogen-bond acceptors (Lipinski definition) is 4. The van der Waals surface area contributed by atoms with Crippen LogP contribution >= 0.6 is 11.3 Å². The molecular formula is C23H20N2O2S. The van der Waals surface area contributed by atoms with Gasteiger partial charge in [0.25, 0.3) is 5.91 Å². The van der Waals surface area contributed by atoms with Crippen LogP contribution in [-0.2, 0) is 11.2 Å². The van der Waals surface area contributed by atoms with E-state index >= 15 is 0 Å². The molecule has 28 heavy (non-hydrogen) atoms. The lowest BCUT2D eigenvalue weighted by Gasteiger charge is -2.18. The zero-order valence-electron chi connectivity index (χ0n) is 15.5. The van der Waals surface area contributed by atoms with Crippen molar-refractivity contribution in [2.75, 3.05) is 13.7 Å². The van der Waals surface area contributed by atoms with Crippen LogP contribution in [0.5, 0.6) is 5.75 Å². The monoisotopic (exact) mass is 388 g/mol. The van der Waals surface area contributed by atoms with Crippen molar-refractivity contribution >= 4 is 29.2 Å². The quantitative estimate of drug-likeness (QED) is 0.578. The third-order valence-electron chi connectivity index (χ3n) is 4.57. The van der Waals surface area contributed by atoms with Crippen LogP contribution in [0.15, 0.2) is 82.8 Å². The van der Waals surface area contributed by atoms with Gasteiger partial charge in [-0.1, -0.05) is 54.6 Å². The van der Waals surface area contributed by atoms with E-state index in [1.165, 1.54) is 4.88 Å². The molecule has 1 aliphatic heterocycles. The smallest absolute Gasteiger partial charge is 0.278 e. The number of methoxy groups -OCH3 is 1. The molecule has 0 bridgehead atoms. The maximum absolute atomic E-state index is 13.2. The molecule has 4 nitrogen and oxygen atoms in total. The summed E-state index contributed by atoms with van der Waals surface area (Å²) < 4.78 is 5.41. The zero-order valence-corrected chi connectivity index (χ0v) is 16.4. The highest BCUT2D eigenvalue weighted by Crippen LogP contribution is 2.26. The number of carbonyl (C=O) groups excluding carboxylic acids is 1. The minimum absolute atomic E-state index is 0.0821. The molecule has 1 aromatic heterocycles. The Labute approximate surface area is 168 Å². The zero-order chi connectivity index (χ0) is 19.3. The first-order chi connectivity index (χ1) is 13.8. The largest absolute Gasteiger partial charge is 0.496 e.